The lowest BCUT2D eigenvalue weighted by Crippen LogP contribution is -1.97. The number of carboxylic acid groups (broad SMARTS) is 1. The standard InChI is InChI=1S/C14H16N2O3/c1-8(2)13-9(5-4-6-12(13)19-3)10-7-11(14(17)18)16-15-10/h4-8H,1-3H3,(H,15,16)(H,17,18). The lowest BCUT2D eigenvalue weighted by molar-refractivity contribution is 0.0690. The molecule has 0 aliphatic carbocycles. The number of ether oxygens (including phenoxy) is 1. The van der Waals surface area contributed by atoms with E-state index in [0.29, 0.717) is 5.69 Å². The second kappa shape index (κ2) is 5.14. The van der Waals surface area contributed by atoms with Crippen LogP contribution in [0.5, 0.6) is 5.75 Å². The van der Waals surface area contributed by atoms with Crippen LogP contribution >= 0.6 is 0 Å². The Morgan fingerprint density at radius 1 is 1.42 bits per heavy atom. The molecule has 0 atom stereocenters. The Morgan fingerprint density at radius 2 is 2.16 bits per heavy atom. The molecule has 1 aromatic carbocycles. The van der Waals surface area contributed by atoms with Crippen molar-refractivity contribution in [2.75, 3.05) is 7.11 Å². The van der Waals surface area contributed by atoms with Gasteiger partial charge in [-0.1, -0.05) is 26.0 Å². The van der Waals surface area contributed by atoms with Gasteiger partial charge in [0.1, 0.15) is 11.4 Å². The van der Waals surface area contributed by atoms with Crippen LogP contribution in [-0.2, 0) is 0 Å². The third-order valence-corrected chi connectivity index (χ3v) is 2.95. The molecule has 0 radical (unpaired) electrons. The molecule has 2 aromatic rings. The Balaban J connectivity index is 2.57. The molecule has 0 amide bonds. The monoisotopic (exact) mass is 260 g/mol. The summed E-state index contributed by atoms with van der Waals surface area (Å²) in [5.41, 5.74) is 2.60. The van der Waals surface area contributed by atoms with Crippen molar-refractivity contribution in [3.05, 3.63) is 35.5 Å². The van der Waals surface area contributed by atoms with Crippen molar-refractivity contribution in [2.45, 2.75) is 19.8 Å². The third-order valence-electron chi connectivity index (χ3n) is 2.95. The van der Waals surface area contributed by atoms with Crippen molar-refractivity contribution in [1.82, 2.24) is 10.2 Å². The SMILES string of the molecule is COc1cccc(-c2cc(C(=O)O)[nH]n2)c1C(C)C. The summed E-state index contributed by atoms with van der Waals surface area (Å²) in [4.78, 5) is 10.9. The molecule has 5 heteroatoms. The zero-order chi connectivity index (χ0) is 14.0. The summed E-state index contributed by atoms with van der Waals surface area (Å²) in [6, 6.07) is 7.21. The number of aromatic carboxylic acids is 1. The lowest BCUT2D eigenvalue weighted by Gasteiger charge is -2.15. The van der Waals surface area contributed by atoms with Crippen LogP contribution in [0.15, 0.2) is 24.3 Å². The normalized spacial score (nSPS) is 10.7. The van der Waals surface area contributed by atoms with Crippen molar-refractivity contribution in [1.29, 1.82) is 0 Å². The first-order valence-corrected chi connectivity index (χ1v) is 6.00. The van der Waals surface area contributed by atoms with Crippen LogP contribution in [-0.4, -0.2) is 28.4 Å². The summed E-state index contributed by atoms with van der Waals surface area (Å²) in [6.07, 6.45) is 0. The van der Waals surface area contributed by atoms with E-state index in [2.05, 4.69) is 24.0 Å². The molecule has 100 valence electrons. The van der Waals surface area contributed by atoms with Crippen molar-refractivity contribution >= 4 is 5.97 Å². The number of hydrogen-bond acceptors (Lipinski definition) is 3. The van der Waals surface area contributed by atoms with Crippen LogP contribution in [0.1, 0.15) is 35.8 Å². The first kappa shape index (κ1) is 13.1. The Hall–Kier alpha value is -2.30. The Labute approximate surface area is 111 Å². The largest absolute Gasteiger partial charge is 0.496 e. The quantitative estimate of drug-likeness (QED) is 0.886. The van der Waals surface area contributed by atoms with E-state index in [-0.39, 0.29) is 11.6 Å². The van der Waals surface area contributed by atoms with Gasteiger partial charge < -0.3 is 9.84 Å². The molecule has 5 nitrogen and oxygen atoms in total. The summed E-state index contributed by atoms with van der Waals surface area (Å²) in [7, 11) is 1.62. The van der Waals surface area contributed by atoms with Gasteiger partial charge in [0.25, 0.3) is 0 Å². The van der Waals surface area contributed by atoms with E-state index < -0.39 is 5.97 Å². The average molecular weight is 260 g/mol. The number of carbonyl (C=O) groups is 1. The molecular formula is C14H16N2O3. The number of nitrogens with zero attached hydrogens (tertiary/aromatic N) is 1. The number of rotatable bonds is 4. The maximum atomic E-state index is 10.9. The maximum Gasteiger partial charge on any atom is 0.353 e. The highest BCUT2D eigenvalue weighted by Gasteiger charge is 2.17. The molecule has 1 heterocycles. The highest BCUT2D eigenvalue weighted by atomic mass is 16.5. The number of aromatic nitrogens is 2. The van der Waals surface area contributed by atoms with E-state index in [0.717, 1.165) is 16.9 Å². The van der Waals surface area contributed by atoms with Gasteiger partial charge in [0.15, 0.2) is 0 Å². The van der Waals surface area contributed by atoms with Gasteiger partial charge >= 0.3 is 5.97 Å². The molecule has 0 spiro atoms. The molecule has 2 rings (SSSR count). The number of carboxylic acids is 1. The predicted octanol–water partition coefficient (Wildman–Crippen LogP) is 2.91. The topological polar surface area (TPSA) is 75.2 Å². The number of hydrogen-bond donors (Lipinski definition) is 2. The summed E-state index contributed by atoms with van der Waals surface area (Å²) in [6.45, 7) is 4.12. The van der Waals surface area contributed by atoms with Gasteiger partial charge in [-0.25, -0.2) is 4.79 Å². The number of aromatic amines is 1. The van der Waals surface area contributed by atoms with Gasteiger partial charge in [-0.2, -0.15) is 5.10 Å². The van der Waals surface area contributed by atoms with Gasteiger partial charge in [0, 0.05) is 11.1 Å². The van der Waals surface area contributed by atoms with Crippen molar-refractivity contribution in [3.8, 4) is 17.0 Å². The Kier molecular flexibility index (Phi) is 3.55. The summed E-state index contributed by atoms with van der Waals surface area (Å²) in [5, 5.41) is 15.5. The van der Waals surface area contributed by atoms with Crippen LogP contribution in [0.2, 0.25) is 0 Å². The van der Waals surface area contributed by atoms with Crippen LogP contribution in [0.25, 0.3) is 11.3 Å². The van der Waals surface area contributed by atoms with Crippen LogP contribution < -0.4 is 4.74 Å². The molecule has 0 aliphatic heterocycles. The average Bonchev–Trinajstić information content (AvgIpc) is 2.87. The minimum atomic E-state index is -1.02. The Bertz CT molecular complexity index is 602. The highest BCUT2D eigenvalue weighted by molar-refractivity contribution is 5.87. The van der Waals surface area contributed by atoms with E-state index in [4.69, 9.17) is 9.84 Å². The highest BCUT2D eigenvalue weighted by Crippen LogP contribution is 2.35. The van der Waals surface area contributed by atoms with Crippen LogP contribution in [0.4, 0.5) is 0 Å². The minimum absolute atomic E-state index is 0.0764. The predicted molar refractivity (Wildman–Crippen MR) is 71.6 cm³/mol. The molecule has 0 fully saturated rings. The van der Waals surface area contributed by atoms with Crippen LogP contribution in [0.3, 0.4) is 0 Å². The molecule has 0 saturated carbocycles. The molecular weight excluding hydrogens is 244 g/mol. The second-order valence-corrected chi connectivity index (χ2v) is 4.55. The van der Waals surface area contributed by atoms with Crippen molar-refractivity contribution in [3.63, 3.8) is 0 Å². The molecule has 19 heavy (non-hydrogen) atoms. The molecule has 1 aromatic heterocycles. The van der Waals surface area contributed by atoms with Gasteiger partial charge in [-0.15, -0.1) is 0 Å². The zero-order valence-electron chi connectivity index (χ0n) is 11.1. The van der Waals surface area contributed by atoms with Gasteiger partial charge in [0.05, 0.1) is 12.8 Å². The van der Waals surface area contributed by atoms with E-state index in [1.165, 1.54) is 6.07 Å². The van der Waals surface area contributed by atoms with E-state index in [1.54, 1.807) is 7.11 Å². The Morgan fingerprint density at radius 3 is 2.68 bits per heavy atom. The fourth-order valence-corrected chi connectivity index (χ4v) is 2.11. The molecule has 0 bridgehead atoms. The van der Waals surface area contributed by atoms with Gasteiger partial charge in [-0.05, 0) is 18.1 Å². The van der Waals surface area contributed by atoms with Crippen LogP contribution in [0, 0.1) is 0 Å². The first-order chi connectivity index (χ1) is 9.04. The smallest absolute Gasteiger partial charge is 0.353 e. The van der Waals surface area contributed by atoms with Gasteiger partial charge in [0.2, 0.25) is 0 Å². The number of nitrogens with one attached hydrogen (secondary N) is 1. The number of methoxy groups -OCH3 is 1. The fraction of sp³-hybridized carbons (Fsp3) is 0.286. The minimum Gasteiger partial charge on any atom is -0.496 e. The molecule has 0 aliphatic rings. The van der Waals surface area contributed by atoms with Crippen molar-refractivity contribution in [2.24, 2.45) is 0 Å². The summed E-state index contributed by atoms with van der Waals surface area (Å²) < 4.78 is 5.37. The van der Waals surface area contributed by atoms with Crippen molar-refractivity contribution < 1.29 is 14.6 Å². The zero-order valence-corrected chi connectivity index (χ0v) is 11.1. The van der Waals surface area contributed by atoms with E-state index in [9.17, 15) is 4.79 Å². The second-order valence-electron chi connectivity index (χ2n) is 4.55. The maximum absolute atomic E-state index is 10.9. The fourth-order valence-electron chi connectivity index (χ4n) is 2.11. The van der Waals surface area contributed by atoms with E-state index >= 15 is 0 Å². The number of H-pyrrole nitrogens is 1. The lowest BCUT2D eigenvalue weighted by atomic mass is 9.94. The van der Waals surface area contributed by atoms with E-state index in [1.807, 2.05) is 18.2 Å². The number of benzene rings is 1. The summed E-state index contributed by atoms with van der Waals surface area (Å²) in [5.74, 6) is 0.0104. The summed E-state index contributed by atoms with van der Waals surface area (Å²) >= 11 is 0. The van der Waals surface area contributed by atoms with Gasteiger partial charge in [-0.3, -0.25) is 5.10 Å². The third kappa shape index (κ3) is 2.45. The molecule has 0 unspecified atom stereocenters. The molecule has 0 saturated heterocycles. The first-order valence-electron chi connectivity index (χ1n) is 6.00. The molecule has 2 N–H and O–H groups in total.